The van der Waals surface area contributed by atoms with Crippen molar-refractivity contribution >= 4 is 8.80 Å². The molecule has 0 aromatic heterocycles. The first kappa shape index (κ1) is 18.3. The number of aryl methyl sites for hydroxylation is 1. The third-order valence-electron chi connectivity index (χ3n) is 3.10. The molecule has 0 bridgehead atoms. The monoisotopic (exact) mass is 311 g/mol. The second-order valence-corrected chi connectivity index (χ2v) is 7.33. The molecular weight excluding hydrogens is 282 g/mol. The minimum atomic E-state index is -2.54. The van der Waals surface area contributed by atoms with Gasteiger partial charge in [-0.1, -0.05) is 30.3 Å². The molecule has 0 unspecified atom stereocenters. The summed E-state index contributed by atoms with van der Waals surface area (Å²) in [6, 6.07) is 10.5. The summed E-state index contributed by atoms with van der Waals surface area (Å²) in [7, 11) is -2.54. The van der Waals surface area contributed by atoms with Crippen molar-refractivity contribution in [2.45, 2.75) is 33.6 Å². The predicted octanol–water partition coefficient (Wildman–Crippen LogP) is 2.80. The molecule has 0 fully saturated rings. The first-order valence-corrected chi connectivity index (χ1v) is 9.86. The average Bonchev–Trinajstić information content (AvgIpc) is 2.49. The summed E-state index contributed by atoms with van der Waals surface area (Å²) >= 11 is 0. The van der Waals surface area contributed by atoms with Gasteiger partial charge in [0.25, 0.3) is 0 Å². The van der Waals surface area contributed by atoms with E-state index >= 15 is 0 Å². The molecule has 120 valence electrons. The summed E-state index contributed by atoms with van der Waals surface area (Å²) in [5.74, 6) is 0. The smallest absolute Gasteiger partial charge is 0.373 e. The van der Waals surface area contributed by atoms with Crippen molar-refractivity contribution in [3.05, 3.63) is 35.9 Å². The Morgan fingerprint density at radius 2 is 1.48 bits per heavy atom. The lowest BCUT2D eigenvalue weighted by molar-refractivity contribution is 0.0701. The minimum Gasteiger partial charge on any atom is -0.373 e. The summed E-state index contributed by atoms with van der Waals surface area (Å²) in [6.07, 6.45) is 2.86. The van der Waals surface area contributed by atoms with E-state index in [0.717, 1.165) is 19.4 Å². The van der Waals surface area contributed by atoms with Crippen LogP contribution in [-0.2, 0) is 19.7 Å². The van der Waals surface area contributed by atoms with Crippen molar-refractivity contribution in [2.24, 2.45) is 0 Å². The Balaban J connectivity index is 2.31. The van der Waals surface area contributed by atoms with E-state index in [1.165, 1.54) is 5.56 Å². The van der Waals surface area contributed by atoms with Crippen LogP contribution in [0.4, 0.5) is 0 Å². The van der Waals surface area contributed by atoms with Gasteiger partial charge in [0.15, 0.2) is 0 Å². The molecule has 1 N–H and O–H groups in total. The summed E-state index contributed by atoms with van der Waals surface area (Å²) in [5, 5.41) is 3.44. The maximum atomic E-state index is 5.81. The molecular formula is C16H29NO3Si. The molecule has 5 heteroatoms. The van der Waals surface area contributed by atoms with Gasteiger partial charge in [0.2, 0.25) is 0 Å². The Bertz CT molecular complexity index is 345. The number of rotatable bonds is 12. The molecule has 0 radical (unpaired) electrons. The Kier molecular flexibility index (Phi) is 9.53. The average molecular weight is 311 g/mol. The van der Waals surface area contributed by atoms with Crippen LogP contribution in [0.3, 0.4) is 0 Å². The second kappa shape index (κ2) is 10.9. The molecule has 0 aliphatic heterocycles. The Morgan fingerprint density at radius 1 is 0.905 bits per heavy atom. The first-order valence-electron chi connectivity index (χ1n) is 7.92. The van der Waals surface area contributed by atoms with E-state index in [-0.39, 0.29) is 0 Å². The summed E-state index contributed by atoms with van der Waals surface area (Å²) < 4.78 is 17.4. The molecule has 1 rings (SSSR count). The zero-order valence-electron chi connectivity index (χ0n) is 13.6. The lowest BCUT2D eigenvalue weighted by Gasteiger charge is -2.28. The van der Waals surface area contributed by atoms with Gasteiger partial charge in [-0.05, 0) is 45.7 Å². The fraction of sp³-hybridized carbons (Fsp3) is 0.625. The zero-order chi connectivity index (χ0) is 15.4. The largest absolute Gasteiger partial charge is 0.515 e. The highest BCUT2D eigenvalue weighted by Crippen LogP contribution is 2.09. The highest BCUT2D eigenvalue weighted by molar-refractivity contribution is 6.60. The highest BCUT2D eigenvalue weighted by Gasteiger charge is 2.39. The van der Waals surface area contributed by atoms with Crippen LogP contribution in [0.5, 0.6) is 0 Å². The van der Waals surface area contributed by atoms with E-state index in [4.69, 9.17) is 13.3 Å². The van der Waals surface area contributed by atoms with Gasteiger partial charge in [-0.3, -0.25) is 0 Å². The molecule has 0 spiro atoms. The van der Waals surface area contributed by atoms with E-state index in [1.807, 2.05) is 26.8 Å². The number of nitrogens with one attached hydrogen (secondary N) is 1. The molecule has 0 aliphatic rings. The van der Waals surface area contributed by atoms with Crippen molar-refractivity contribution in [1.29, 1.82) is 0 Å². The van der Waals surface area contributed by atoms with Crippen LogP contribution in [0, 0.1) is 0 Å². The van der Waals surface area contributed by atoms with Crippen LogP contribution in [0.1, 0.15) is 32.8 Å². The fourth-order valence-corrected chi connectivity index (χ4v) is 4.60. The molecule has 0 saturated heterocycles. The zero-order valence-corrected chi connectivity index (χ0v) is 14.6. The van der Waals surface area contributed by atoms with Crippen LogP contribution >= 0.6 is 0 Å². The van der Waals surface area contributed by atoms with E-state index in [2.05, 4.69) is 29.6 Å². The van der Waals surface area contributed by atoms with Gasteiger partial charge in [0.05, 0.1) is 6.17 Å². The second-order valence-electron chi connectivity index (χ2n) is 4.75. The van der Waals surface area contributed by atoms with Gasteiger partial charge >= 0.3 is 8.80 Å². The van der Waals surface area contributed by atoms with Crippen LogP contribution < -0.4 is 5.32 Å². The predicted molar refractivity (Wildman–Crippen MR) is 88.3 cm³/mol. The van der Waals surface area contributed by atoms with Gasteiger partial charge in [-0.2, -0.15) is 0 Å². The SMILES string of the molecule is CCO[Si](CNCCCc1ccccc1)(OCC)OCC. The number of hydrogen-bond acceptors (Lipinski definition) is 4. The first-order chi connectivity index (χ1) is 10.3. The van der Waals surface area contributed by atoms with Gasteiger partial charge in [-0.25, -0.2) is 0 Å². The fourth-order valence-electron chi connectivity index (χ4n) is 2.24. The van der Waals surface area contributed by atoms with E-state index < -0.39 is 8.80 Å². The van der Waals surface area contributed by atoms with Crippen molar-refractivity contribution in [3.8, 4) is 0 Å². The van der Waals surface area contributed by atoms with Crippen molar-refractivity contribution in [3.63, 3.8) is 0 Å². The van der Waals surface area contributed by atoms with Crippen molar-refractivity contribution < 1.29 is 13.3 Å². The minimum absolute atomic E-state index is 0.623. The Morgan fingerprint density at radius 3 is 2.00 bits per heavy atom. The Hall–Kier alpha value is -0.723. The summed E-state index contributed by atoms with van der Waals surface area (Å²) in [5.41, 5.74) is 1.38. The third kappa shape index (κ3) is 7.20. The molecule has 1 aromatic rings. The molecule has 0 atom stereocenters. The maximum absolute atomic E-state index is 5.81. The third-order valence-corrected chi connectivity index (χ3v) is 5.96. The number of benzene rings is 1. The van der Waals surface area contributed by atoms with E-state index in [9.17, 15) is 0 Å². The summed E-state index contributed by atoms with van der Waals surface area (Å²) in [4.78, 5) is 0. The van der Waals surface area contributed by atoms with Gasteiger partial charge in [0.1, 0.15) is 0 Å². The molecule has 4 nitrogen and oxygen atoms in total. The van der Waals surface area contributed by atoms with Crippen molar-refractivity contribution in [1.82, 2.24) is 5.32 Å². The highest BCUT2D eigenvalue weighted by atomic mass is 28.4. The van der Waals surface area contributed by atoms with Gasteiger partial charge in [-0.15, -0.1) is 0 Å². The molecule has 0 amide bonds. The maximum Gasteiger partial charge on any atom is 0.515 e. The quantitative estimate of drug-likeness (QED) is 0.476. The van der Waals surface area contributed by atoms with Gasteiger partial charge in [0, 0.05) is 19.8 Å². The molecule has 21 heavy (non-hydrogen) atoms. The van der Waals surface area contributed by atoms with Crippen molar-refractivity contribution in [2.75, 3.05) is 32.5 Å². The lowest BCUT2D eigenvalue weighted by atomic mass is 10.1. The normalized spacial score (nSPS) is 11.8. The van der Waals surface area contributed by atoms with Crippen LogP contribution in [-0.4, -0.2) is 41.3 Å². The van der Waals surface area contributed by atoms with Crippen LogP contribution in [0.15, 0.2) is 30.3 Å². The van der Waals surface area contributed by atoms with E-state index in [1.54, 1.807) is 0 Å². The van der Waals surface area contributed by atoms with Crippen LogP contribution in [0.25, 0.3) is 0 Å². The van der Waals surface area contributed by atoms with Crippen LogP contribution in [0.2, 0.25) is 0 Å². The molecule has 1 aromatic carbocycles. The molecule has 0 heterocycles. The van der Waals surface area contributed by atoms with E-state index in [0.29, 0.717) is 26.0 Å². The standard InChI is InChI=1S/C16H29NO3Si/c1-4-18-21(19-5-2,20-6-3)15-17-14-10-13-16-11-8-7-9-12-16/h7-9,11-12,17H,4-6,10,13-15H2,1-3H3. The number of hydrogen-bond donors (Lipinski definition) is 1. The topological polar surface area (TPSA) is 39.7 Å². The lowest BCUT2D eigenvalue weighted by Crippen LogP contribution is -2.54. The molecule has 0 aliphatic carbocycles. The van der Waals surface area contributed by atoms with Gasteiger partial charge < -0.3 is 18.6 Å². The molecule has 0 saturated carbocycles. The Labute approximate surface area is 130 Å². The summed E-state index contributed by atoms with van der Waals surface area (Å²) in [6.45, 7) is 8.75.